The van der Waals surface area contributed by atoms with E-state index in [1.54, 1.807) is 0 Å². The highest BCUT2D eigenvalue weighted by molar-refractivity contribution is 6.83. The fraction of sp³-hybridized carbons (Fsp3) is 1.00. The van der Waals surface area contributed by atoms with Gasteiger partial charge >= 0.3 is 21.4 Å². The van der Waals surface area contributed by atoms with E-state index in [2.05, 4.69) is 50.6 Å². The molecule has 1 aliphatic rings. The maximum absolute atomic E-state index is 3.42. The summed E-state index contributed by atoms with van der Waals surface area (Å²) >= 11 is 0. The van der Waals surface area contributed by atoms with Crippen molar-refractivity contribution >= 4 is 21.4 Å². The summed E-state index contributed by atoms with van der Waals surface area (Å²) in [5.74, 6) is 0. The molecule has 0 amide bonds. The van der Waals surface area contributed by atoms with Crippen LogP contribution in [0.3, 0.4) is 0 Å². The summed E-state index contributed by atoms with van der Waals surface area (Å²) in [7, 11) is 6.82. The zero-order valence-corrected chi connectivity index (χ0v) is 12.7. The molecule has 0 atom stereocenters. The van der Waals surface area contributed by atoms with Crippen molar-refractivity contribution in [1.29, 1.82) is 0 Å². The molecule has 0 saturated carbocycles. The summed E-state index contributed by atoms with van der Waals surface area (Å²) in [6.07, 6.45) is 0. The Balaban J connectivity index is 3.06. The van der Waals surface area contributed by atoms with Crippen molar-refractivity contribution in [3.05, 3.63) is 0 Å². The second kappa shape index (κ2) is 7.52. The van der Waals surface area contributed by atoms with Crippen LogP contribution in [0.5, 0.6) is 0 Å². The topological polar surface area (TPSA) is 45.8 Å². The van der Waals surface area contributed by atoms with Crippen LogP contribution in [0.15, 0.2) is 0 Å². The molecule has 102 valence electrons. The first kappa shape index (κ1) is 16.0. The minimum Gasteiger partial charge on any atom is -0.332 e. The normalized spacial score (nSPS) is 20.0. The molecule has 0 spiro atoms. The Bertz CT molecular complexity index is 172. The molecule has 0 unspecified atom stereocenters. The molecule has 0 radical (unpaired) electrons. The lowest BCUT2D eigenvalue weighted by Gasteiger charge is -2.52. The third kappa shape index (κ3) is 2.76. The van der Waals surface area contributed by atoms with Crippen molar-refractivity contribution in [2.45, 2.75) is 20.8 Å². The molecule has 1 rings (SSSR count). The van der Waals surface area contributed by atoms with E-state index in [1.165, 1.54) is 0 Å². The highest BCUT2D eigenvalue weighted by Gasteiger charge is 2.50. The van der Waals surface area contributed by atoms with E-state index in [-0.39, 0.29) is 21.4 Å². The van der Waals surface area contributed by atoms with Crippen LogP contribution in [0.1, 0.15) is 20.8 Å². The summed E-state index contributed by atoms with van der Waals surface area (Å²) in [6.45, 7) is 9.61. The molecule has 0 bridgehead atoms. The van der Waals surface area contributed by atoms with Crippen molar-refractivity contribution in [2.75, 3.05) is 40.8 Å². The molecule has 0 aliphatic carbocycles. The lowest BCUT2D eigenvalue weighted by Crippen LogP contribution is -2.85. The monoisotopic (exact) mass is 252 g/mol. The molecule has 1 aliphatic heterocycles. The van der Waals surface area contributed by atoms with E-state index in [9.17, 15) is 0 Å². The van der Waals surface area contributed by atoms with Crippen molar-refractivity contribution in [1.82, 2.24) is 29.8 Å². The Morgan fingerprint density at radius 3 is 0.944 bits per heavy atom. The molecule has 6 nitrogen and oxygen atoms in total. The standard InChI is InChI=1S/C9H27B3N6/c1-7-16-10(13-4)17(8-2)12(15-6)18(9-3)11(16)14-5/h13-15H,7-9H2,1-6H3. The molecule has 0 aromatic rings. The third-order valence-corrected chi connectivity index (χ3v) is 3.75. The van der Waals surface area contributed by atoms with Gasteiger partial charge in [0, 0.05) is 0 Å². The summed E-state index contributed by atoms with van der Waals surface area (Å²) in [5.41, 5.74) is 0. The summed E-state index contributed by atoms with van der Waals surface area (Å²) in [4.78, 5) is 0. The molecule has 1 saturated heterocycles. The van der Waals surface area contributed by atoms with Gasteiger partial charge in [-0.25, -0.2) is 0 Å². The first-order valence-corrected chi connectivity index (χ1v) is 6.99. The maximum Gasteiger partial charge on any atom is 0.381 e. The van der Waals surface area contributed by atoms with E-state index in [4.69, 9.17) is 0 Å². The first-order valence-electron chi connectivity index (χ1n) is 6.99. The Hall–Kier alpha value is -0.0452. The summed E-state index contributed by atoms with van der Waals surface area (Å²) in [6, 6.07) is 0. The molecule has 9 heteroatoms. The quantitative estimate of drug-likeness (QED) is 0.504. The molecule has 1 heterocycles. The Morgan fingerprint density at radius 1 is 0.611 bits per heavy atom. The van der Waals surface area contributed by atoms with E-state index >= 15 is 0 Å². The molecule has 18 heavy (non-hydrogen) atoms. The largest absolute Gasteiger partial charge is 0.381 e. The van der Waals surface area contributed by atoms with Gasteiger partial charge in [0.05, 0.1) is 0 Å². The Kier molecular flexibility index (Phi) is 6.69. The smallest absolute Gasteiger partial charge is 0.332 e. The van der Waals surface area contributed by atoms with E-state index in [1.807, 2.05) is 21.1 Å². The van der Waals surface area contributed by atoms with E-state index in [0.29, 0.717) is 0 Å². The van der Waals surface area contributed by atoms with Gasteiger partial charge in [0.2, 0.25) is 0 Å². The van der Waals surface area contributed by atoms with Gasteiger partial charge in [-0.3, -0.25) is 0 Å². The number of hydrogen-bond donors (Lipinski definition) is 3. The maximum atomic E-state index is 3.42. The van der Waals surface area contributed by atoms with Gasteiger partial charge in [-0.2, -0.15) is 0 Å². The van der Waals surface area contributed by atoms with Crippen LogP contribution in [0.2, 0.25) is 0 Å². The summed E-state index contributed by atoms with van der Waals surface area (Å²) < 4.78 is 7.29. The Labute approximate surface area is 113 Å². The van der Waals surface area contributed by atoms with E-state index < -0.39 is 0 Å². The van der Waals surface area contributed by atoms with Gasteiger partial charge in [0.1, 0.15) is 0 Å². The van der Waals surface area contributed by atoms with Crippen LogP contribution >= 0.6 is 0 Å². The predicted octanol–water partition coefficient (Wildman–Crippen LogP) is -1.42. The van der Waals surface area contributed by atoms with Gasteiger partial charge in [-0.1, -0.05) is 20.8 Å². The predicted molar refractivity (Wildman–Crippen MR) is 81.6 cm³/mol. The van der Waals surface area contributed by atoms with Crippen molar-refractivity contribution in [3.63, 3.8) is 0 Å². The number of hydrogen-bond acceptors (Lipinski definition) is 6. The molecular formula is C9H27B3N6. The SMILES string of the molecule is CCN1B(NC)N(CC)B(NC)N(CC)B1NC. The lowest BCUT2D eigenvalue weighted by molar-refractivity contribution is 0.425. The van der Waals surface area contributed by atoms with Crippen LogP contribution in [0, 0.1) is 0 Å². The molecule has 0 aromatic heterocycles. The second-order valence-electron chi connectivity index (χ2n) is 4.48. The van der Waals surface area contributed by atoms with E-state index in [0.717, 1.165) is 19.6 Å². The van der Waals surface area contributed by atoms with Gasteiger partial charge in [0.25, 0.3) is 0 Å². The fourth-order valence-electron chi connectivity index (χ4n) is 3.01. The van der Waals surface area contributed by atoms with Crippen LogP contribution in [0.25, 0.3) is 0 Å². The van der Waals surface area contributed by atoms with Gasteiger partial charge in [0.15, 0.2) is 0 Å². The van der Waals surface area contributed by atoms with Gasteiger partial charge in [-0.05, 0) is 40.8 Å². The van der Waals surface area contributed by atoms with Crippen LogP contribution < -0.4 is 15.7 Å². The van der Waals surface area contributed by atoms with Crippen LogP contribution in [0.4, 0.5) is 0 Å². The average molecular weight is 252 g/mol. The van der Waals surface area contributed by atoms with Crippen LogP contribution in [-0.2, 0) is 0 Å². The highest BCUT2D eigenvalue weighted by atomic mass is 15.4. The van der Waals surface area contributed by atoms with Crippen molar-refractivity contribution in [2.24, 2.45) is 0 Å². The number of nitrogens with zero attached hydrogens (tertiary/aromatic N) is 3. The highest BCUT2D eigenvalue weighted by Crippen LogP contribution is 2.14. The van der Waals surface area contributed by atoms with Crippen molar-refractivity contribution < 1.29 is 0 Å². The fourth-order valence-corrected chi connectivity index (χ4v) is 3.01. The average Bonchev–Trinajstić information content (AvgIpc) is 2.43. The molecule has 1 fully saturated rings. The van der Waals surface area contributed by atoms with Crippen molar-refractivity contribution in [3.8, 4) is 0 Å². The number of rotatable bonds is 6. The third-order valence-electron chi connectivity index (χ3n) is 3.75. The lowest BCUT2D eigenvalue weighted by atomic mass is 9.56. The second-order valence-corrected chi connectivity index (χ2v) is 4.48. The van der Waals surface area contributed by atoms with Gasteiger partial charge < -0.3 is 29.8 Å². The molecule has 0 aromatic carbocycles. The van der Waals surface area contributed by atoms with Gasteiger partial charge in [-0.15, -0.1) is 0 Å². The first-order chi connectivity index (χ1) is 8.69. The minimum absolute atomic E-state index is 0.248. The zero-order chi connectivity index (χ0) is 13.7. The minimum atomic E-state index is 0.248. The summed E-state index contributed by atoms with van der Waals surface area (Å²) in [5, 5.41) is 10.3. The number of nitrogens with one attached hydrogen (secondary N) is 3. The zero-order valence-electron chi connectivity index (χ0n) is 12.7. The molecular weight excluding hydrogens is 225 g/mol. The van der Waals surface area contributed by atoms with Crippen LogP contribution in [-0.4, -0.2) is 76.3 Å². The Morgan fingerprint density at radius 2 is 0.833 bits per heavy atom. The molecule has 3 N–H and O–H groups in total.